The number of likely N-dealkylation sites (N-methyl/N-ethyl adjacent to an activating group) is 1. The Bertz CT molecular complexity index is 369. The molecule has 0 spiro atoms. The van der Waals surface area contributed by atoms with Crippen molar-refractivity contribution >= 4 is 11.7 Å². The second-order valence-electron chi connectivity index (χ2n) is 3.65. The van der Waals surface area contributed by atoms with Gasteiger partial charge < -0.3 is 15.0 Å². The number of nitrogens with zero attached hydrogens (tertiary/aromatic N) is 2. The number of methoxy groups -OCH3 is 1. The third-order valence-electron chi connectivity index (χ3n) is 2.36. The Morgan fingerprint density at radius 2 is 2.35 bits per heavy atom. The highest BCUT2D eigenvalue weighted by atomic mass is 16.5. The van der Waals surface area contributed by atoms with Gasteiger partial charge in [-0.1, -0.05) is 0 Å². The third-order valence-corrected chi connectivity index (χ3v) is 2.36. The Morgan fingerprint density at radius 3 is 3.00 bits per heavy atom. The van der Waals surface area contributed by atoms with Gasteiger partial charge in [0, 0.05) is 33.4 Å². The van der Waals surface area contributed by atoms with Crippen LogP contribution in [0.3, 0.4) is 0 Å². The lowest BCUT2D eigenvalue weighted by atomic mass is 10.2. The summed E-state index contributed by atoms with van der Waals surface area (Å²) in [6, 6.07) is 3.54. The van der Waals surface area contributed by atoms with E-state index in [1.807, 2.05) is 6.92 Å². The molecule has 0 aliphatic carbocycles. The average molecular weight is 237 g/mol. The fourth-order valence-electron chi connectivity index (χ4n) is 1.42. The molecule has 0 radical (unpaired) electrons. The number of hydrogen-bond donors (Lipinski definition) is 1. The van der Waals surface area contributed by atoms with E-state index < -0.39 is 0 Å². The molecule has 0 saturated heterocycles. The Balaban J connectivity index is 2.80. The van der Waals surface area contributed by atoms with Gasteiger partial charge in [0.2, 0.25) is 0 Å². The summed E-state index contributed by atoms with van der Waals surface area (Å²) in [5, 5.41) is 3.08. The van der Waals surface area contributed by atoms with E-state index in [9.17, 15) is 4.79 Å². The van der Waals surface area contributed by atoms with Crippen molar-refractivity contribution < 1.29 is 9.53 Å². The van der Waals surface area contributed by atoms with E-state index in [4.69, 9.17) is 4.74 Å². The lowest BCUT2D eigenvalue weighted by Gasteiger charge is -2.18. The normalized spacial score (nSPS) is 10.1. The zero-order valence-electron chi connectivity index (χ0n) is 10.6. The van der Waals surface area contributed by atoms with E-state index in [0.29, 0.717) is 24.5 Å². The van der Waals surface area contributed by atoms with Crippen molar-refractivity contribution in [3.05, 3.63) is 23.9 Å². The summed E-state index contributed by atoms with van der Waals surface area (Å²) in [6.07, 6.45) is 1.67. The number of nitrogens with one attached hydrogen (secondary N) is 1. The van der Waals surface area contributed by atoms with Crippen LogP contribution in [0.2, 0.25) is 0 Å². The van der Waals surface area contributed by atoms with Crippen LogP contribution in [-0.4, -0.2) is 49.6 Å². The van der Waals surface area contributed by atoms with Gasteiger partial charge in [0.25, 0.3) is 5.91 Å². The molecule has 94 valence electrons. The molecule has 0 bridgehead atoms. The van der Waals surface area contributed by atoms with Gasteiger partial charge in [0.15, 0.2) is 0 Å². The molecule has 1 N–H and O–H groups in total. The molecule has 5 heteroatoms. The number of aromatic nitrogens is 1. The third kappa shape index (κ3) is 3.71. The summed E-state index contributed by atoms with van der Waals surface area (Å²) in [5.41, 5.74) is 0.591. The van der Waals surface area contributed by atoms with Crippen LogP contribution in [0.5, 0.6) is 0 Å². The van der Waals surface area contributed by atoms with Crippen molar-refractivity contribution in [1.82, 2.24) is 9.88 Å². The number of carbonyl (C=O) groups is 1. The molecule has 0 aliphatic rings. The summed E-state index contributed by atoms with van der Waals surface area (Å²) in [6.45, 7) is 3.80. The van der Waals surface area contributed by atoms with Crippen LogP contribution >= 0.6 is 0 Å². The van der Waals surface area contributed by atoms with E-state index in [-0.39, 0.29) is 5.91 Å². The van der Waals surface area contributed by atoms with Crippen molar-refractivity contribution in [2.45, 2.75) is 6.92 Å². The summed E-state index contributed by atoms with van der Waals surface area (Å²) >= 11 is 0. The lowest BCUT2D eigenvalue weighted by molar-refractivity contribution is 0.0745. The topological polar surface area (TPSA) is 54.5 Å². The zero-order valence-corrected chi connectivity index (χ0v) is 10.6. The summed E-state index contributed by atoms with van der Waals surface area (Å²) in [4.78, 5) is 17.9. The number of amides is 1. The van der Waals surface area contributed by atoms with E-state index in [2.05, 4.69) is 10.3 Å². The van der Waals surface area contributed by atoms with Gasteiger partial charge in [-0.05, 0) is 19.1 Å². The summed E-state index contributed by atoms with van der Waals surface area (Å²) in [5.74, 6) is 0.579. The minimum absolute atomic E-state index is 0.0499. The van der Waals surface area contributed by atoms with Crippen molar-refractivity contribution in [1.29, 1.82) is 0 Å². The number of carbonyl (C=O) groups excluding carboxylic acids is 1. The van der Waals surface area contributed by atoms with Gasteiger partial charge in [-0.2, -0.15) is 0 Å². The molecule has 0 atom stereocenters. The van der Waals surface area contributed by atoms with Gasteiger partial charge in [-0.3, -0.25) is 4.79 Å². The van der Waals surface area contributed by atoms with E-state index in [1.165, 1.54) is 0 Å². The molecule has 0 aliphatic heterocycles. The molecule has 0 unspecified atom stereocenters. The second kappa shape index (κ2) is 6.85. The van der Waals surface area contributed by atoms with Gasteiger partial charge in [0.1, 0.15) is 5.82 Å². The molecular formula is C12H19N3O2. The Hall–Kier alpha value is -1.62. The van der Waals surface area contributed by atoms with Crippen LogP contribution in [0.4, 0.5) is 5.82 Å². The summed E-state index contributed by atoms with van der Waals surface area (Å²) in [7, 11) is 3.37. The molecule has 0 aromatic carbocycles. The number of rotatable bonds is 6. The monoisotopic (exact) mass is 237 g/mol. The zero-order chi connectivity index (χ0) is 12.7. The van der Waals surface area contributed by atoms with Crippen LogP contribution in [0.15, 0.2) is 18.3 Å². The number of pyridine rings is 1. The molecule has 1 aromatic rings. The fraction of sp³-hybridized carbons (Fsp3) is 0.500. The first-order valence-corrected chi connectivity index (χ1v) is 5.64. The van der Waals surface area contributed by atoms with Gasteiger partial charge in [-0.15, -0.1) is 0 Å². The molecule has 1 amide bonds. The maximum atomic E-state index is 12.1. The van der Waals surface area contributed by atoms with Crippen LogP contribution in [0.1, 0.15) is 17.3 Å². The quantitative estimate of drug-likeness (QED) is 0.808. The van der Waals surface area contributed by atoms with Crippen LogP contribution in [0.25, 0.3) is 0 Å². The fourth-order valence-corrected chi connectivity index (χ4v) is 1.42. The van der Waals surface area contributed by atoms with Crippen molar-refractivity contribution in [3.8, 4) is 0 Å². The highest BCUT2D eigenvalue weighted by Crippen LogP contribution is 2.13. The van der Waals surface area contributed by atoms with E-state index >= 15 is 0 Å². The molecular weight excluding hydrogens is 218 g/mol. The SMILES string of the molecule is CCNc1ncccc1C(=O)N(C)CCOC. The minimum atomic E-state index is -0.0499. The van der Waals surface area contributed by atoms with Crippen molar-refractivity contribution in [3.63, 3.8) is 0 Å². The van der Waals surface area contributed by atoms with Gasteiger partial charge in [0.05, 0.1) is 12.2 Å². The number of ether oxygens (including phenoxy) is 1. The maximum Gasteiger partial charge on any atom is 0.257 e. The Labute approximate surface area is 102 Å². The standard InChI is InChI=1S/C12H19N3O2/c1-4-13-11-10(6-5-7-14-11)12(16)15(2)8-9-17-3/h5-7H,4,8-9H2,1-3H3,(H,13,14). The van der Waals surface area contributed by atoms with Gasteiger partial charge in [-0.25, -0.2) is 4.98 Å². The molecule has 1 rings (SSSR count). The molecule has 1 heterocycles. The van der Waals surface area contributed by atoms with Crippen molar-refractivity contribution in [2.24, 2.45) is 0 Å². The molecule has 17 heavy (non-hydrogen) atoms. The molecule has 5 nitrogen and oxygen atoms in total. The van der Waals surface area contributed by atoms with Crippen molar-refractivity contribution in [2.75, 3.05) is 39.2 Å². The second-order valence-corrected chi connectivity index (χ2v) is 3.65. The predicted molar refractivity (Wildman–Crippen MR) is 67.2 cm³/mol. The van der Waals surface area contributed by atoms with E-state index in [0.717, 1.165) is 6.54 Å². The summed E-state index contributed by atoms with van der Waals surface area (Å²) < 4.78 is 4.95. The largest absolute Gasteiger partial charge is 0.383 e. The van der Waals surface area contributed by atoms with Gasteiger partial charge >= 0.3 is 0 Å². The van der Waals surface area contributed by atoms with E-state index in [1.54, 1.807) is 37.4 Å². The highest BCUT2D eigenvalue weighted by Gasteiger charge is 2.15. The first-order valence-electron chi connectivity index (χ1n) is 5.64. The molecule has 1 aromatic heterocycles. The average Bonchev–Trinajstić information content (AvgIpc) is 2.36. The first kappa shape index (κ1) is 13.4. The lowest BCUT2D eigenvalue weighted by Crippen LogP contribution is -2.30. The highest BCUT2D eigenvalue weighted by molar-refractivity contribution is 5.98. The Kier molecular flexibility index (Phi) is 5.42. The predicted octanol–water partition coefficient (Wildman–Crippen LogP) is 1.23. The van der Waals surface area contributed by atoms with Crippen LogP contribution in [0, 0.1) is 0 Å². The minimum Gasteiger partial charge on any atom is -0.383 e. The number of hydrogen-bond acceptors (Lipinski definition) is 4. The first-order chi connectivity index (χ1) is 8.20. The molecule has 0 saturated carbocycles. The maximum absolute atomic E-state index is 12.1. The Morgan fingerprint density at radius 1 is 1.59 bits per heavy atom. The van der Waals surface area contributed by atoms with Crippen LogP contribution < -0.4 is 5.32 Å². The van der Waals surface area contributed by atoms with Crippen LogP contribution in [-0.2, 0) is 4.74 Å². The smallest absolute Gasteiger partial charge is 0.257 e. The number of anilines is 1. The molecule has 0 fully saturated rings.